The summed E-state index contributed by atoms with van der Waals surface area (Å²) in [4.78, 5) is 20.5. The van der Waals surface area contributed by atoms with Gasteiger partial charge in [0.1, 0.15) is 0 Å². The van der Waals surface area contributed by atoms with E-state index in [0.29, 0.717) is 5.96 Å². The van der Waals surface area contributed by atoms with E-state index in [9.17, 15) is 4.79 Å². The second-order valence-electron chi connectivity index (χ2n) is 5.60. The SMILES string of the molecule is CC(C)(C)NC1=NC(C)(c2ccncc2)C(=O)N1. The molecule has 5 nitrogen and oxygen atoms in total. The Hall–Kier alpha value is -1.91. The Balaban J connectivity index is 2.31. The monoisotopic (exact) mass is 246 g/mol. The summed E-state index contributed by atoms with van der Waals surface area (Å²) in [5, 5.41) is 5.95. The molecule has 1 aliphatic rings. The van der Waals surface area contributed by atoms with Gasteiger partial charge in [-0.25, -0.2) is 4.99 Å². The van der Waals surface area contributed by atoms with Gasteiger partial charge in [-0.1, -0.05) is 0 Å². The Morgan fingerprint density at radius 2 is 1.89 bits per heavy atom. The Kier molecular flexibility index (Phi) is 2.84. The van der Waals surface area contributed by atoms with E-state index in [1.165, 1.54) is 0 Å². The number of hydrogen-bond donors (Lipinski definition) is 2. The molecule has 5 heteroatoms. The van der Waals surface area contributed by atoms with Crippen molar-refractivity contribution in [3.8, 4) is 0 Å². The normalized spacial score (nSPS) is 23.6. The molecule has 96 valence electrons. The first-order valence-corrected chi connectivity index (χ1v) is 5.91. The predicted molar refractivity (Wildman–Crippen MR) is 70.1 cm³/mol. The summed E-state index contributed by atoms with van der Waals surface area (Å²) < 4.78 is 0. The molecule has 1 amide bonds. The molecule has 0 radical (unpaired) electrons. The Labute approximate surface area is 107 Å². The molecular formula is C13H18N4O. The van der Waals surface area contributed by atoms with Gasteiger partial charge in [-0.3, -0.25) is 15.1 Å². The number of rotatable bonds is 1. The van der Waals surface area contributed by atoms with Gasteiger partial charge >= 0.3 is 0 Å². The minimum Gasteiger partial charge on any atom is -0.351 e. The second kappa shape index (κ2) is 4.08. The van der Waals surface area contributed by atoms with Gasteiger partial charge in [0.15, 0.2) is 11.5 Å². The highest BCUT2D eigenvalue weighted by Gasteiger charge is 2.41. The molecule has 1 aliphatic heterocycles. The van der Waals surface area contributed by atoms with E-state index in [-0.39, 0.29) is 11.4 Å². The van der Waals surface area contributed by atoms with Crippen molar-refractivity contribution in [2.75, 3.05) is 0 Å². The van der Waals surface area contributed by atoms with Crippen LogP contribution in [0.5, 0.6) is 0 Å². The van der Waals surface area contributed by atoms with E-state index in [1.807, 2.05) is 32.9 Å². The third kappa shape index (κ3) is 2.34. The van der Waals surface area contributed by atoms with Crippen molar-refractivity contribution in [1.82, 2.24) is 15.6 Å². The molecule has 2 heterocycles. The molecule has 2 rings (SSSR count). The molecule has 18 heavy (non-hydrogen) atoms. The highest BCUT2D eigenvalue weighted by atomic mass is 16.2. The fraction of sp³-hybridized carbons (Fsp3) is 0.462. The lowest BCUT2D eigenvalue weighted by Crippen LogP contribution is -2.47. The van der Waals surface area contributed by atoms with Crippen molar-refractivity contribution in [2.45, 2.75) is 38.8 Å². The van der Waals surface area contributed by atoms with Gasteiger partial charge in [-0.2, -0.15) is 0 Å². The van der Waals surface area contributed by atoms with Crippen LogP contribution in [0.25, 0.3) is 0 Å². The molecule has 0 aromatic carbocycles. The number of aromatic nitrogens is 1. The first-order valence-electron chi connectivity index (χ1n) is 5.91. The smallest absolute Gasteiger partial charge is 0.259 e. The van der Waals surface area contributed by atoms with Crippen LogP contribution in [-0.2, 0) is 10.3 Å². The van der Waals surface area contributed by atoms with Gasteiger partial charge in [0.25, 0.3) is 5.91 Å². The van der Waals surface area contributed by atoms with Gasteiger partial charge in [-0.15, -0.1) is 0 Å². The topological polar surface area (TPSA) is 66.4 Å². The molecule has 1 unspecified atom stereocenters. The fourth-order valence-electron chi connectivity index (χ4n) is 1.82. The zero-order valence-electron chi connectivity index (χ0n) is 11.1. The molecule has 1 aromatic rings. The maximum Gasteiger partial charge on any atom is 0.259 e. The van der Waals surface area contributed by atoms with Crippen LogP contribution < -0.4 is 10.6 Å². The standard InChI is InChI=1S/C13H18N4O/c1-12(2,3)16-11-15-10(18)13(4,17-11)9-5-7-14-8-6-9/h5-8H,1-4H3,(H2,15,16,17,18). The lowest BCUT2D eigenvalue weighted by molar-refractivity contribution is -0.123. The molecule has 1 aromatic heterocycles. The average Bonchev–Trinajstić information content (AvgIpc) is 2.54. The van der Waals surface area contributed by atoms with E-state index < -0.39 is 5.54 Å². The molecule has 0 aliphatic carbocycles. The number of carbonyl (C=O) groups is 1. The first-order chi connectivity index (χ1) is 8.31. The lowest BCUT2D eigenvalue weighted by atomic mass is 9.94. The van der Waals surface area contributed by atoms with Gasteiger partial charge in [0, 0.05) is 17.9 Å². The summed E-state index contributed by atoms with van der Waals surface area (Å²) in [6.07, 6.45) is 3.33. The Bertz CT molecular complexity index is 489. The van der Waals surface area contributed by atoms with Gasteiger partial charge in [-0.05, 0) is 45.4 Å². The number of nitrogens with one attached hydrogen (secondary N) is 2. The van der Waals surface area contributed by atoms with E-state index in [1.54, 1.807) is 19.3 Å². The summed E-state index contributed by atoms with van der Waals surface area (Å²) in [6.45, 7) is 7.85. The number of guanidine groups is 1. The van der Waals surface area contributed by atoms with Crippen LogP contribution >= 0.6 is 0 Å². The maximum absolute atomic E-state index is 12.1. The molecule has 2 N–H and O–H groups in total. The number of aliphatic imine (C=N–C) groups is 1. The molecule has 0 saturated carbocycles. The van der Waals surface area contributed by atoms with E-state index >= 15 is 0 Å². The highest BCUT2D eigenvalue weighted by molar-refractivity contribution is 6.07. The fourth-order valence-corrected chi connectivity index (χ4v) is 1.82. The average molecular weight is 246 g/mol. The Morgan fingerprint density at radius 1 is 1.28 bits per heavy atom. The largest absolute Gasteiger partial charge is 0.351 e. The lowest BCUT2D eigenvalue weighted by Gasteiger charge is -2.21. The van der Waals surface area contributed by atoms with Crippen molar-refractivity contribution in [3.05, 3.63) is 30.1 Å². The van der Waals surface area contributed by atoms with Crippen molar-refractivity contribution >= 4 is 11.9 Å². The van der Waals surface area contributed by atoms with Crippen molar-refractivity contribution < 1.29 is 4.79 Å². The molecule has 0 fully saturated rings. The number of pyridine rings is 1. The summed E-state index contributed by atoms with van der Waals surface area (Å²) >= 11 is 0. The van der Waals surface area contributed by atoms with Crippen LogP contribution in [0.15, 0.2) is 29.5 Å². The molecular weight excluding hydrogens is 228 g/mol. The summed E-state index contributed by atoms with van der Waals surface area (Å²) in [6, 6.07) is 3.62. The number of amides is 1. The van der Waals surface area contributed by atoms with Crippen molar-refractivity contribution in [1.29, 1.82) is 0 Å². The van der Waals surface area contributed by atoms with Crippen LogP contribution in [0.3, 0.4) is 0 Å². The quantitative estimate of drug-likeness (QED) is 0.781. The van der Waals surface area contributed by atoms with Gasteiger partial charge in [0.05, 0.1) is 0 Å². The van der Waals surface area contributed by atoms with Gasteiger partial charge in [0.2, 0.25) is 0 Å². The number of carbonyl (C=O) groups excluding carboxylic acids is 1. The molecule has 0 saturated heterocycles. The maximum atomic E-state index is 12.1. The highest BCUT2D eigenvalue weighted by Crippen LogP contribution is 2.28. The third-order valence-corrected chi connectivity index (χ3v) is 2.75. The summed E-state index contributed by atoms with van der Waals surface area (Å²) in [7, 11) is 0. The van der Waals surface area contributed by atoms with Crippen LogP contribution in [0, 0.1) is 0 Å². The zero-order chi connectivity index (χ0) is 13.4. The number of hydrogen-bond acceptors (Lipinski definition) is 4. The molecule has 0 bridgehead atoms. The van der Waals surface area contributed by atoms with Crippen LogP contribution in [-0.4, -0.2) is 22.4 Å². The zero-order valence-corrected chi connectivity index (χ0v) is 11.1. The minimum absolute atomic E-state index is 0.125. The van der Waals surface area contributed by atoms with E-state index in [2.05, 4.69) is 20.6 Å². The third-order valence-electron chi connectivity index (χ3n) is 2.75. The van der Waals surface area contributed by atoms with Gasteiger partial charge < -0.3 is 5.32 Å². The van der Waals surface area contributed by atoms with Crippen LogP contribution in [0.1, 0.15) is 33.3 Å². The minimum atomic E-state index is -0.878. The van der Waals surface area contributed by atoms with Crippen molar-refractivity contribution in [3.63, 3.8) is 0 Å². The first kappa shape index (κ1) is 12.5. The van der Waals surface area contributed by atoms with Crippen molar-refractivity contribution in [2.24, 2.45) is 4.99 Å². The summed E-state index contributed by atoms with van der Waals surface area (Å²) in [5.74, 6) is 0.396. The summed E-state index contributed by atoms with van der Waals surface area (Å²) in [5.41, 5.74) is -0.188. The van der Waals surface area contributed by atoms with E-state index in [4.69, 9.17) is 0 Å². The van der Waals surface area contributed by atoms with Crippen LogP contribution in [0.2, 0.25) is 0 Å². The molecule has 0 spiro atoms. The van der Waals surface area contributed by atoms with E-state index in [0.717, 1.165) is 5.56 Å². The Morgan fingerprint density at radius 3 is 2.44 bits per heavy atom. The van der Waals surface area contributed by atoms with Crippen LogP contribution in [0.4, 0.5) is 0 Å². The molecule has 1 atom stereocenters. The second-order valence-corrected chi connectivity index (χ2v) is 5.60. The number of nitrogens with zero attached hydrogens (tertiary/aromatic N) is 2. The predicted octanol–water partition coefficient (Wildman–Crippen LogP) is 1.17.